The Hall–Kier alpha value is -1.86. The van der Waals surface area contributed by atoms with E-state index in [9.17, 15) is 9.90 Å². The van der Waals surface area contributed by atoms with Crippen molar-refractivity contribution in [2.24, 2.45) is 5.10 Å². The van der Waals surface area contributed by atoms with Gasteiger partial charge in [-0.2, -0.15) is 5.10 Å². The highest BCUT2D eigenvalue weighted by molar-refractivity contribution is 9.10. The molecule has 5 nitrogen and oxygen atoms in total. The third-order valence-corrected chi connectivity index (χ3v) is 4.03. The van der Waals surface area contributed by atoms with Crippen LogP contribution in [0.1, 0.15) is 15.9 Å². The normalized spacial score (nSPS) is 10.7. The number of phenols is 1. The number of phenolic OH excluding ortho intramolecular Hbond substituents is 1. The monoisotopic (exact) mass is 426 g/mol. The summed E-state index contributed by atoms with van der Waals surface area (Å²) in [5.41, 5.74) is 3.52. The number of amides is 1. The first kappa shape index (κ1) is 16.5. The van der Waals surface area contributed by atoms with Gasteiger partial charge in [0.05, 0.1) is 23.4 Å². The fourth-order valence-corrected chi connectivity index (χ4v) is 2.84. The largest absolute Gasteiger partial charge is 0.504 e. The number of ether oxygens (including phenoxy) is 1. The second kappa shape index (κ2) is 7.42. The Morgan fingerprint density at radius 2 is 2.00 bits per heavy atom. The van der Waals surface area contributed by atoms with Crippen LogP contribution in [0.5, 0.6) is 11.5 Å². The standard InChI is InChI=1S/C15H12Br2N2O3/c1-22-14-12(17)6-9(7-13(14)20)8-18-19-15(21)10-4-2-3-5-11(10)16/h2-8,20H,1H3,(H,19,21). The van der Waals surface area contributed by atoms with Crippen LogP contribution in [0, 0.1) is 0 Å². The number of nitrogens with zero attached hydrogens (tertiary/aromatic N) is 1. The second-order valence-corrected chi connectivity index (χ2v) is 5.94. The zero-order chi connectivity index (χ0) is 16.1. The summed E-state index contributed by atoms with van der Waals surface area (Å²) in [4.78, 5) is 12.0. The molecule has 0 saturated heterocycles. The molecule has 0 aliphatic heterocycles. The Balaban J connectivity index is 2.10. The fraction of sp³-hybridized carbons (Fsp3) is 0.0667. The molecule has 0 aliphatic rings. The summed E-state index contributed by atoms with van der Waals surface area (Å²) < 4.78 is 6.31. The van der Waals surface area contributed by atoms with E-state index in [4.69, 9.17) is 4.74 Å². The van der Waals surface area contributed by atoms with Crippen molar-refractivity contribution in [3.63, 3.8) is 0 Å². The van der Waals surface area contributed by atoms with Gasteiger partial charge >= 0.3 is 0 Å². The number of carbonyl (C=O) groups is 1. The SMILES string of the molecule is COc1c(O)cc(C=NNC(=O)c2ccccc2Br)cc1Br. The molecule has 0 unspecified atom stereocenters. The topological polar surface area (TPSA) is 70.9 Å². The number of nitrogens with one attached hydrogen (secondary N) is 1. The molecule has 2 aromatic rings. The van der Waals surface area contributed by atoms with Crippen LogP contribution in [0.15, 0.2) is 50.4 Å². The molecule has 0 fully saturated rings. The minimum absolute atomic E-state index is 0.0181. The number of hydrazone groups is 1. The van der Waals surface area contributed by atoms with Gasteiger partial charge in [-0.25, -0.2) is 5.43 Å². The molecule has 2 aromatic carbocycles. The van der Waals surface area contributed by atoms with E-state index in [1.54, 1.807) is 24.3 Å². The molecule has 1 amide bonds. The van der Waals surface area contributed by atoms with Crippen LogP contribution in [0.25, 0.3) is 0 Å². The molecule has 0 aromatic heterocycles. The summed E-state index contributed by atoms with van der Waals surface area (Å²) in [6.07, 6.45) is 1.43. The van der Waals surface area contributed by atoms with Crippen LogP contribution < -0.4 is 10.2 Å². The van der Waals surface area contributed by atoms with E-state index in [0.717, 1.165) is 0 Å². The summed E-state index contributed by atoms with van der Waals surface area (Å²) in [5, 5.41) is 13.7. The van der Waals surface area contributed by atoms with Crippen LogP contribution in [-0.2, 0) is 0 Å². The third kappa shape index (κ3) is 3.86. The van der Waals surface area contributed by atoms with Crippen molar-refractivity contribution in [1.29, 1.82) is 0 Å². The molecule has 7 heteroatoms. The predicted molar refractivity (Wildman–Crippen MR) is 91.6 cm³/mol. The summed E-state index contributed by atoms with van der Waals surface area (Å²) in [5.74, 6) is -0.00891. The van der Waals surface area contributed by atoms with Crippen LogP contribution in [0.3, 0.4) is 0 Å². The van der Waals surface area contributed by atoms with Gasteiger partial charge in [0.2, 0.25) is 0 Å². The van der Waals surface area contributed by atoms with Crippen molar-refractivity contribution in [2.45, 2.75) is 0 Å². The van der Waals surface area contributed by atoms with Crippen LogP contribution in [-0.4, -0.2) is 24.3 Å². The smallest absolute Gasteiger partial charge is 0.272 e. The van der Waals surface area contributed by atoms with Crippen molar-refractivity contribution in [1.82, 2.24) is 5.43 Å². The zero-order valence-corrected chi connectivity index (χ0v) is 14.7. The molecule has 2 N–H and O–H groups in total. The lowest BCUT2D eigenvalue weighted by Crippen LogP contribution is -2.18. The fourth-order valence-electron chi connectivity index (χ4n) is 1.75. The Morgan fingerprint density at radius 3 is 2.64 bits per heavy atom. The lowest BCUT2D eigenvalue weighted by atomic mass is 10.2. The second-order valence-electron chi connectivity index (χ2n) is 4.23. The molecule has 2 rings (SSSR count). The van der Waals surface area contributed by atoms with E-state index >= 15 is 0 Å². The molecular weight excluding hydrogens is 416 g/mol. The van der Waals surface area contributed by atoms with Crippen LogP contribution in [0.4, 0.5) is 0 Å². The van der Waals surface area contributed by atoms with Crippen molar-refractivity contribution in [3.8, 4) is 11.5 Å². The lowest BCUT2D eigenvalue weighted by Gasteiger charge is -2.06. The van der Waals surface area contributed by atoms with Gasteiger partial charge in [-0.3, -0.25) is 4.79 Å². The molecule has 0 bridgehead atoms. The number of methoxy groups -OCH3 is 1. The summed E-state index contributed by atoms with van der Waals surface area (Å²) >= 11 is 6.59. The van der Waals surface area contributed by atoms with Gasteiger partial charge < -0.3 is 9.84 Å². The number of hydrogen-bond donors (Lipinski definition) is 2. The van der Waals surface area contributed by atoms with Gasteiger partial charge in [0.1, 0.15) is 0 Å². The number of halogens is 2. The predicted octanol–water partition coefficient (Wildman–Crippen LogP) is 3.69. The Morgan fingerprint density at radius 1 is 1.27 bits per heavy atom. The first-order chi connectivity index (χ1) is 10.5. The minimum atomic E-state index is -0.333. The third-order valence-electron chi connectivity index (χ3n) is 2.75. The molecule has 0 heterocycles. The van der Waals surface area contributed by atoms with Crippen molar-refractivity contribution in [3.05, 3.63) is 56.5 Å². The Bertz CT molecular complexity index is 709. The van der Waals surface area contributed by atoms with Gasteiger partial charge in [-0.15, -0.1) is 0 Å². The Kier molecular flexibility index (Phi) is 5.57. The highest BCUT2D eigenvalue weighted by Crippen LogP contribution is 2.34. The highest BCUT2D eigenvalue weighted by atomic mass is 79.9. The molecule has 22 heavy (non-hydrogen) atoms. The average Bonchev–Trinajstić information content (AvgIpc) is 2.47. The number of aromatic hydroxyl groups is 1. The van der Waals surface area contributed by atoms with Gasteiger partial charge in [0.15, 0.2) is 11.5 Å². The maximum absolute atomic E-state index is 12.0. The number of hydrogen-bond acceptors (Lipinski definition) is 4. The van der Waals surface area contributed by atoms with E-state index in [2.05, 4.69) is 42.4 Å². The molecule has 114 valence electrons. The summed E-state index contributed by atoms with van der Waals surface area (Å²) in [6, 6.07) is 10.2. The van der Waals surface area contributed by atoms with Gasteiger partial charge in [-0.1, -0.05) is 12.1 Å². The van der Waals surface area contributed by atoms with Gasteiger partial charge in [0.25, 0.3) is 5.91 Å². The first-order valence-corrected chi connectivity index (χ1v) is 7.76. The van der Waals surface area contributed by atoms with Gasteiger partial charge in [0, 0.05) is 4.47 Å². The number of rotatable bonds is 4. The summed E-state index contributed by atoms with van der Waals surface area (Å²) in [7, 11) is 1.46. The van der Waals surface area contributed by atoms with Crippen molar-refractivity contribution >= 4 is 44.0 Å². The van der Waals surface area contributed by atoms with E-state index in [0.29, 0.717) is 25.8 Å². The lowest BCUT2D eigenvalue weighted by molar-refractivity contribution is 0.0954. The first-order valence-electron chi connectivity index (χ1n) is 6.17. The molecule has 0 aliphatic carbocycles. The van der Waals surface area contributed by atoms with E-state index in [1.165, 1.54) is 19.4 Å². The van der Waals surface area contributed by atoms with Crippen molar-refractivity contribution < 1.29 is 14.6 Å². The summed E-state index contributed by atoms with van der Waals surface area (Å²) in [6.45, 7) is 0. The zero-order valence-electron chi connectivity index (χ0n) is 11.5. The highest BCUT2D eigenvalue weighted by Gasteiger charge is 2.09. The molecule has 0 spiro atoms. The van der Waals surface area contributed by atoms with E-state index in [-0.39, 0.29) is 11.7 Å². The van der Waals surface area contributed by atoms with E-state index in [1.807, 2.05) is 6.07 Å². The average molecular weight is 428 g/mol. The Labute approximate surface area is 144 Å². The van der Waals surface area contributed by atoms with Gasteiger partial charge in [-0.05, 0) is 61.7 Å². The molecular formula is C15H12Br2N2O3. The maximum atomic E-state index is 12.0. The quantitative estimate of drug-likeness (QED) is 0.577. The number of carbonyl (C=O) groups excluding carboxylic acids is 1. The number of benzene rings is 2. The van der Waals surface area contributed by atoms with Crippen LogP contribution >= 0.6 is 31.9 Å². The van der Waals surface area contributed by atoms with Crippen LogP contribution in [0.2, 0.25) is 0 Å². The minimum Gasteiger partial charge on any atom is -0.504 e. The molecule has 0 atom stereocenters. The molecule has 0 saturated carbocycles. The van der Waals surface area contributed by atoms with E-state index < -0.39 is 0 Å². The maximum Gasteiger partial charge on any atom is 0.272 e. The van der Waals surface area contributed by atoms with Crippen molar-refractivity contribution in [2.75, 3.05) is 7.11 Å². The molecule has 0 radical (unpaired) electrons.